The smallest absolute Gasteiger partial charge is 0.234 e. The third-order valence-electron chi connectivity index (χ3n) is 4.67. The molecule has 0 saturated carbocycles. The molecule has 1 heterocycles. The Hall–Kier alpha value is -0.610. The van der Waals surface area contributed by atoms with Crippen LogP contribution < -0.4 is 10.6 Å². The highest BCUT2D eigenvalue weighted by Crippen LogP contribution is 2.19. The minimum absolute atomic E-state index is 0.103. The van der Waals surface area contributed by atoms with Crippen LogP contribution in [0.3, 0.4) is 0 Å². The number of nitrogens with zero attached hydrogens (tertiary/aromatic N) is 1. The third-order valence-corrected chi connectivity index (χ3v) is 4.67. The fraction of sp³-hybridized carbons (Fsp3) is 0.941. The summed E-state index contributed by atoms with van der Waals surface area (Å²) < 4.78 is 0. The van der Waals surface area contributed by atoms with Crippen LogP contribution in [0.2, 0.25) is 0 Å². The number of nitrogens with one attached hydrogen (secondary N) is 2. The van der Waals surface area contributed by atoms with Crippen molar-refractivity contribution in [2.45, 2.75) is 84.3 Å². The van der Waals surface area contributed by atoms with Crippen LogP contribution in [0.4, 0.5) is 0 Å². The van der Waals surface area contributed by atoms with Gasteiger partial charge < -0.3 is 10.6 Å². The minimum Gasteiger partial charge on any atom is -0.350 e. The molecule has 2 N–H and O–H groups in total. The second-order valence-corrected chi connectivity index (χ2v) is 7.06. The lowest BCUT2D eigenvalue weighted by atomic mass is 9.96. The lowest BCUT2D eigenvalue weighted by Gasteiger charge is -2.39. The van der Waals surface area contributed by atoms with Gasteiger partial charge in [0.15, 0.2) is 0 Å². The van der Waals surface area contributed by atoms with Crippen LogP contribution in [0.1, 0.15) is 66.7 Å². The number of likely N-dealkylation sites (tertiary alicyclic amines) is 1. The third kappa shape index (κ3) is 6.35. The maximum absolute atomic E-state index is 12.3. The molecule has 21 heavy (non-hydrogen) atoms. The summed E-state index contributed by atoms with van der Waals surface area (Å²) >= 11 is 0. The lowest BCUT2D eigenvalue weighted by Crippen LogP contribution is -2.55. The van der Waals surface area contributed by atoms with Crippen molar-refractivity contribution in [2.75, 3.05) is 19.6 Å². The van der Waals surface area contributed by atoms with Gasteiger partial charge in [-0.25, -0.2) is 0 Å². The molecule has 1 rings (SSSR count). The predicted octanol–water partition coefficient (Wildman–Crippen LogP) is 2.53. The Balaban J connectivity index is 2.54. The predicted molar refractivity (Wildman–Crippen MR) is 89.5 cm³/mol. The summed E-state index contributed by atoms with van der Waals surface area (Å²) in [6.07, 6.45) is 5.80. The van der Waals surface area contributed by atoms with Crippen molar-refractivity contribution in [3.63, 3.8) is 0 Å². The number of amides is 1. The van der Waals surface area contributed by atoms with E-state index in [1.165, 1.54) is 19.3 Å². The normalized spacial score (nSPS) is 22.0. The van der Waals surface area contributed by atoms with E-state index in [4.69, 9.17) is 0 Å². The molecule has 4 nitrogen and oxygen atoms in total. The van der Waals surface area contributed by atoms with Crippen molar-refractivity contribution in [1.29, 1.82) is 0 Å². The first-order valence-corrected chi connectivity index (χ1v) is 8.68. The number of carbonyl (C=O) groups excluding carboxylic acids is 1. The van der Waals surface area contributed by atoms with Crippen LogP contribution >= 0.6 is 0 Å². The maximum Gasteiger partial charge on any atom is 0.234 e. The van der Waals surface area contributed by atoms with Crippen molar-refractivity contribution in [1.82, 2.24) is 15.5 Å². The van der Waals surface area contributed by atoms with E-state index >= 15 is 0 Å². The molecule has 2 atom stereocenters. The van der Waals surface area contributed by atoms with Crippen molar-refractivity contribution < 1.29 is 4.79 Å². The molecule has 0 aromatic rings. The Morgan fingerprint density at radius 3 is 2.67 bits per heavy atom. The average molecular weight is 297 g/mol. The van der Waals surface area contributed by atoms with Gasteiger partial charge in [0, 0.05) is 17.6 Å². The molecule has 124 valence electrons. The van der Waals surface area contributed by atoms with E-state index in [0.29, 0.717) is 18.6 Å². The second-order valence-electron chi connectivity index (χ2n) is 7.06. The molecule has 1 aliphatic rings. The molecule has 1 aliphatic heterocycles. The van der Waals surface area contributed by atoms with Gasteiger partial charge in [0.05, 0.1) is 6.54 Å². The molecule has 0 aliphatic carbocycles. The van der Waals surface area contributed by atoms with E-state index in [0.717, 1.165) is 25.9 Å². The molecular formula is C17H35N3O. The van der Waals surface area contributed by atoms with Crippen molar-refractivity contribution in [2.24, 2.45) is 0 Å². The highest BCUT2D eigenvalue weighted by Gasteiger charge is 2.29. The van der Waals surface area contributed by atoms with Gasteiger partial charge in [0.25, 0.3) is 0 Å². The molecule has 0 aromatic heterocycles. The van der Waals surface area contributed by atoms with E-state index < -0.39 is 0 Å². The molecule has 0 radical (unpaired) electrons. The molecule has 0 spiro atoms. The van der Waals surface area contributed by atoms with Gasteiger partial charge >= 0.3 is 0 Å². The van der Waals surface area contributed by atoms with E-state index in [-0.39, 0.29) is 11.4 Å². The number of hydrogen-bond donors (Lipinski definition) is 2. The minimum atomic E-state index is -0.103. The molecule has 4 heteroatoms. The largest absolute Gasteiger partial charge is 0.350 e. The first-order valence-electron chi connectivity index (χ1n) is 8.68. The van der Waals surface area contributed by atoms with Gasteiger partial charge in [-0.3, -0.25) is 9.69 Å². The Morgan fingerprint density at radius 1 is 1.33 bits per heavy atom. The zero-order chi connectivity index (χ0) is 15.9. The molecule has 0 bridgehead atoms. The van der Waals surface area contributed by atoms with E-state index in [1.807, 2.05) is 0 Å². The maximum atomic E-state index is 12.3. The fourth-order valence-electron chi connectivity index (χ4n) is 2.98. The summed E-state index contributed by atoms with van der Waals surface area (Å²) in [4.78, 5) is 14.7. The molecule has 2 unspecified atom stereocenters. The van der Waals surface area contributed by atoms with Gasteiger partial charge in [-0.2, -0.15) is 0 Å². The van der Waals surface area contributed by atoms with E-state index in [9.17, 15) is 4.79 Å². The van der Waals surface area contributed by atoms with Crippen LogP contribution in [0.25, 0.3) is 0 Å². The van der Waals surface area contributed by atoms with Gasteiger partial charge in [-0.1, -0.05) is 20.3 Å². The fourth-order valence-corrected chi connectivity index (χ4v) is 2.98. The monoisotopic (exact) mass is 297 g/mol. The molecule has 1 saturated heterocycles. The Morgan fingerprint density at radius 2 is 2.05 bits per heavy atom. The summed E-state index contributed by atoms with van der Waals surface area (Å²) in [6, 6.07) is 0.943. The van der Waals surface area contributed by atoms with E-state index in [2.05, 4.69) is 50.2 Å². The van der Waals surface area contributed by atoms with Crippen LogP contribution in [0.5, 0.6) is 0 Å². The molecule has 0 aromatic carbocycles. The number of hydrogen-bond acceptors (Lipinski definition) is 3. The highest BCUT2D eigenvalue weighted by molar-refractivity contribution is 5.78. The lowest BCUT2D eigenvalue weighted by molar-refractivity contribution is -0.125. The summed E-state index contributed by atoms with van der Waals surface area (Å²) in [5.41, 5.74) is -0.103. The molecular weight excluding hydrogens is 262 g/mol. The SMILES string of the molecule is CCCNC(C)C1CCCCN1CC(=O)NC(C)(C)CC. The number of rotatable bonds is 8. The quantitative estimate of drug-likeness (QED) is 0.723. The van der Waals surface area contributed by atoms with Gasteiger partial charge in [-0.05, 0) is 59.5 Å². The van der Waals surface area contributed by atoms with Crippen molar-refractivity contribution in [3.8, 4) is 0 Å². The van der Waals surface area contributed by atoms with Crippen LogP contribution in [-0.4, -0.2) is 48.1 Å². The zero-order valence-corrected chi connectivity index (χ0v) is 14.7. The van der Waals surface area contributed by atoms with Gasteiger partial charge in [0.1, 0.15) is 0 Å². The highest BCUT2D eigenvalue weighted by atomic mass is 16.2. The van der Waals surface area contributed by atoms with Crippen molar-refractivity contribution in [3.05, 3.63) is 0 Å². The average Bonchev–Trinajstić information content (AvgIpc) is 2.44. The first kappa shape index (κ1) is 18.4. The summed E-state index contributed by atoms with van der Waals surface area (Å²) in [7, 11) is 0. The molecule has 1 fully saturated rings. The molecule has 1 amide bonds. The van der Waals surface area contributed by atoms with Crippen LogP contribution in [0.15, 0.2) is 0 Å². The topological polar surface area (TPSA) is 44.4 Å². The Labute approximate surface area is 131 Å². The van der Waals surface area contributed by atoms with Gasteiger partial charge in [0.2, 0.25) is 5.91 Å². The second kappa shape index (κ2) is 8.74. The Bertz CT molecular complexity index is 317. The standard InChI is InChI=1S/C17H35N3O/c1-6-11-18-14(3)15-10-8-9-12-20(15)13-16(21)19-17(4,5)7-2/h14-15,18H,6-13H2,1-5H3,(H,19,21). The Kier molecular flexibility index (Phi) is 7.67. The van der Waals surface area contributed by atoms with E-state index in [1.54, 1.807) is 0 Å². The van der Waals surface area contributed by atoms with Crippen LogP contribution in [-0.2, 0) is 4.79 Å². The summed E-state index contributed by atoms with van der Waals surface area (Å²) in [5, 5.41) is 6.75. The van der Waals surface area contributed by atoms with Crippen LogP contribution in [0, 0.1) is 0 Å². The zero-order valence-electron chi connectivity index (χ0n) is 14.7. The van der Waals surface area contributed by atoms with Gasteiger partial charge in [-0.15, -0.1) is 0 Å². The van der Waals surface area contributed by atoms with Crippen molar-refractivity contribution >= 4 is 5.91 Å². The summed E-state index contributed by atoms with van der Waals surface area (Å²) in [6.45, 7) is 13.4. The summed E-state index contributed by atoms with van der Waals surface area (Å²) in [5.74, 6) is 0.163. The number of carbonyl (C=O) groups is 1. The first-order chi connectivity index (χ1) is 9.89. The number of piperidine rings is 1.